The minimum absolute atomic E-state index is 0.0898. The molecule has 0 heterocycles. The van der Waals surface area contributed by atoms with Gasteiger partial charge in [0.1, 0.15) is 12.4 Å². The Morgan fingerprint density at radius 2 is 1.90 bits per heavy atom. The Bertz CT molecular complexity index is 439. The minimum atomic E-state index is -0.406. The highest BCUT2D eigenvalue weighted by Gasteiger charge is 2.17. The van der Waals surface area contributed by atoms with Gasteiger partial charge in [-0.3, -0.25) is 10.1 Å². The van der Waals surface area contributed by atoms with Crippen molar-refractivity contribution in [2.24, 2.45) is 11.8 Å². The lowest BCUT2D eigenvalue weighted by Crippen LogP contribution is -2.29. The molecular formula is C16H24N2O3. The Hall–Kier alpha value is -1.62. The highest BCUT2D eigenvalue weighted by Crippen LogP contribution is 2.27. The summed E-state index contributed by atoms with van der Waals surface area (Å²) in [5.74, 6) is 2.38. The Balaban J connectivity index is 1.58. The van der Waals surface area contributed by atoms with Gasteiger partial charge in [-0.2, -0.15) is 0 Å². The fourth-order valence-electron chi connectivity index (χ4n) is 2.74. The van der Waals surface area contributed by atoms with Crippen LogP contribution in [0, 0.1) is 22.0 Å². The monoisotopic (exact) mass is 292 g/mol. The second-order valence-electron chi connectivity index (χ2n) is 5.93. The molecule has 0 saturated heterocycles. The van der Waals surface area contributed by atoms with Crippen LogP contribution in [0.3, 0.4) is 0 Å². The van der Waals surface area contributed by atoms with E-state index >= 15 is 0 Å². The molecular weight excluding hydrogens is 268 g/mol. The fourth-order valence-corrected chi connectivity index (χ4v) is 2.74. The molecule has 0 aromatic heterocycles. The number of benzene rings is 1. The van der Waals surface area contributed by atoms with Crippen LogP contribution in [0.25, 0.3) is 0 Å². The minimum Gasteiger partial charge on any atom is -0.492 e. The third kappa shape index (κ3) is 5.34. The molecule has 5 heteroatoms. The van der Waals surface area contributed by atoms with Gasteiger partial charge in [0.15, 0.2) is 0 Å². The molecule has 0 unspecified atom stereocenters. The van der Waals surface area contributed by atoms with E-state index in [1.165, 1.54) is 37.8 Å². The van der Waals surface area contributed by atoms with Gasteiger partial charge < -0.3 is 10.1 Å². The predicted molar refractivity (Wildman–Crippen MR) is 82.6 cm³/mol. The smallest absolute Gasteiger partial charge is 0.269 e. The van der Waals surface area contributed by atoms with Crippen LogP contribution in [0.15, 0.2) is 24.3 Å². The number of hydrogen-bond acceptors (Lipinski definition) is 4. The van der Waals surface area contributed by atoms with Crippen molar-refractivity contribution in [2.45, 2.75) is 32.6 Å². The maximum atomic E-state index is 10.5. The summed E-state index contributed by atoms with van der Waals surface area (Å²) < 4.78 is 5.56. The zero-order chi connectivity index (χ0) is 15.1. The Kier molecular flexibility index (Phi) is 5.99. The first kappa shape index (κ1) is 15.8. The van der Waals surface area contributed by atoms with Crippen LogP contribution in [0.4, 0.5) is 5.69 Å². The Morgan fingerprint density at radius 1 is 1.24 bits per heavy atom. The van der Waals surface area contributed by atoms with Gasteiger partial charge in [-0.15, -0.1) is 0 Å². The number of hydrogen-bond donors (Lipinski definition) is 1. The summed E-state index contributed by atoms with van der Waals surface area (Å²) in [5, 5.41) is 14.0. The average molecular weight is 292 g/mol. The van der Waals surface area contributed by atoms with Gasteiger partial charge in [0, 0.05) is 18.7 Å². The van der Waals surface area contributed by atoms with Crippen molar-refractivity contribution in [3.05, 3.63) is 34.4 Å². The molecule has 1 aliphatic carbocycles. The van der Waals surface area contributed by atoms with Gasteiger partial charge in [0.05, 0.1) is 4.92 Å². The van der Waals surface area contributed by atoms with Crippen molar-refractivity contribution < 1.29 is 9.66 Å². The number of nitro benzene ring substituents is 1. The molecule has 1 aliphatic rings. The van der Waals surface area contributed by atoms with Crippen LogP contribution in [0.5, 0.6) is 5.75 Å². The largest absolute Gasteiger partial charge is 0.492 e. The lowest BCUT2D eigenvalue weighted by molar-refractivity contribution is -0.384. The molecule has 2 rings (SSSR count). The number of nitrogens with one attached hydrogen (secondary N) is 1. The molecule has 1 aromatic rings. The van der Waals surface area contributed by atoms with Crippen molar-refractivity contribution in [3.63, 3.8) is 0 Å². The van der Waals surface area contributed by atoms with E-state index in [0.717, 1.165) is 24.9 Å². The Morgan fingerprint density at radius 3 is 2.52 bits per heavy atom. The first-order valence-corrected chi connectivity index (χ1v) is 7.73. The van der Waals surface area contributed by atoms with Crippen LogP contribution in [-0.2, 0) is 0 Å². The third-order valence-corrected chi connectivity index (χ3v) is 4.16. The number of rotatable bonds is 7. The average Bonchev–Trinajstić information content (AvgIpc) is 2.49. The summed E-state index contributed by atoms with van der Waals surface area (Å²) >= 11 is 0. The summed E-state index contributed by atoms with van der Waals surface area (Å²) in [7, 11) is 0. The SMILES string of the molecule is CC1CCC(CNCCOc2ccc([N+](=O)[O-])cc2)CC1. The second-order valence-corrected chi connectivity index (χ2v) is 5.93. The highest BCUT2D eigenvalue weighted by molar-refractivity contribution is 5.35. The van der Waals surface area contributed by atoms with Crippen LogP contribution >= 0.6 is 0 Å². The molecule has 0 spiro atoms. The van der Waals surface area contributed by atoms with Gasteiger partial charge >= 0.3 is 0 Å². The van der Waals surface area contributed by atoms with E-state index < -0.39 is 4.92 Å². The van der Waals surface area contributed by atoms with Crippen molar-refractivity contribution >= 4 is 5.69 Å². The molecule has 0 atom stereocenters. The van der Waals surface area contributed by atoms with Crippen molar-refractivity contribution in [1.29, 1.82) is 0 Å². The molecule has 1 fully saturated rings. The molecule has 0 amide bonds. The van der Waals surface area contributed by atoms with Gasteiger partial charge in [0.25, 0.3) is 5.69 Å². The van der Waals surface area contributed by atoms with Crippen molar-refractivity contribution in [3.8, 4) is 5.75 Å². The molecule has 0 radical (unpaired) electrons. The zero-order valence-electron chi connectivity index (χ0n) is 12.6. The van der Waals surface area contributed by atoms with E-state index in [2.05, 4.69) is 12.2 Å². The summed E-state index contributed by atoms with van der Waals surface area (Å²) in [6.45, 7) is 4.79. The fraction of sp³-hybridized carbons (Fsp3) is 0.625. The number of nitrogens with zero attached hydrogens (tertiary/aromatic N) is 1. The molecule has 5 nitrogen and oxygen atoms in total. The van der Waals surface area contributed by atoms with Crippen molar-refractivity contribution in [2.75, 3.05) is 19.7 Å². The first-order valence-electron chi connectivity index (χ1n) is 7.73. The zero-order valence-corrected chi connectivity index (χ0v) is 12.6. The van der Waals surface area contributed by atoms with Crippen molar-refractivity contribution in [1.82, 2.24) is 5.32 Å². The summed E-state index contributed by atoms with van der Waals surface area (Å²) in [5.41, 5.74) is 0.0898. The van der Waals surface area contributed by atoms with Gasteiger partial charge in [-0.25, -0.2) is 0 Å². The third-order valence-electron chi connectivity index (χ3n) is 4.16. The normalized spacial score (nSPS) is 22.0. The molecule has 21 heavy (non-hydrogen) atoms. The van der Waals surface area contributed by atoms with Crippen LogP contribution in [0.2, 0.25) is 0 Å². The van der Waals surface area contributed by atoms with E-state index in [0.29, 0.717) is 12.4 Å². The van der Waals surface area contributed by atoms with Crippen LogP contribution < -0.4 is 10.1 Å². The van der Waals surface area contributed by atoms with E-state index in [1.54, 1.807) is 12.1 Å². The van der Waals surface area contributed by atoms with Crippen LogP contribution in [-0.4, -0.2) is 24.6 Å². The molecule has 116 valence electrons. The van der Waals surface area contributed by atoms with Gasteiger partial charge in [-0.1, -0.05) is 19.8 Å². The quantitative estimate of drug-likeness (QED) is 0.475. The second kappa shape index (κ2) is 7.98. The van der Waals surface area contributed by atoms with Gasteiger partial charge in [-0.05, 0) is 43.4 Å². The summed E-state index contributed by atoms with van der Waals surface area (Å²) in [6.07, 6.45) is 5.37. The van der Waals surface area contributed by atoms with E-state index in [1.807, 2.05) is 0 Å². The first-order chi connectivity index (χ1) is 10.1. The number of ether oxygens (including phenoxy) is 1. The molecule has 1 saturated carbocycles. The molecule has 1 aromatic carbocycles. The lowest BCUT2D eigenvalue weighted by atomic mass is 9.83. The Labute approximate surface area is 125 Å². The maximum absolute atomic E-state index is 10.5. The van der Waals surface area contributed by atoms with E-state index in [9.17, 15) is 10.1 Å². The van der Waals surface area contributed by atoms with Crippen LogP contribution in [0.1, 0.15) is 32.6 Å². The number of nitro groups is 1. The maximum Gasteiger partial charge on any atom is 0.269 e. The molecule has 0 bridgehead atoms. The number of non-ortho nitro benzene ring substituents is 1. The van der Waals surface area contributed by atoms with E-state index in [4.69, 9.17) is 4.74 Å². The molecule has 0 aliphatic heterocycles. The molecule has 1 N–H and O–H groups in total. The van der Waals surface area contributed by atoms with E-state index in [-0.39, 0.29) is 5.69 Å². The van der Waals surface area contributed by atoms with Gasteiger partial charge in [0.2, 0.25) is 0 Å². The standard InChI is InChI=1S/C16H24N2O3/c1-13-2-4-14(5-3-13)12-17-10-11-21-16-8-6-15(7-9-16)18(19)20/h6-9,13-14,17H,2-5,10-12H2,1H3. The predicted octanol–water partition coefficient (Wildman–Crippen LogP) is 3.39. The lowest BCUT2D eigenvalue weighted by Gasteiger charge is -2.26. The summed E-state index contributed by atoms with van der Waals surface area (Å²) in [6, 6.07) is 6.21. The topological polar surface area (TPSA) is 64.4 Å². The summed E-state index contributed by atoms with van der Waals surface area (Å²) in [4.78, 5) is 10.1. The highest BCUT2D eigenvalue weighted by atomic mass is 16.6.